The van der Waals surface area contributed by atoms with E-state index in [-0.39, 0.29) is 30.6 Å². The third kappa shape index (κ3) is 5.99. The molecular formula is C33H35FN8O5. The standard InChI is InChI=1S/C33H35FN8O5/c1-3-39-17-26(32(46)41(33(39)47)24-10-6-22(34)7-11-24)30(44)38-23-8-4-20(5-9-23)25-16-27(42-28(25)29(35)36-18-37-42)21-12-14-40(15-13-21)31(45)19(2)43/h4-11,16,18-19,21,26,43H,3,12-15,17H2,1-2H3,(H,38,44)(H2,35,36,37)/t19-,26?/m1/s1. The third-order valence-electron chi connectivity index (χ3n) is 8.82. The molecule has 2 fully saturated rings. The summed E-state index contributed by atoms with van der Waals surface area (Å²) < 4.78 is 15.3. The molecule has 2 aromatic heterocycles. The Kier molecular flexibility index (Phi) is 8.60. The van der Waals surface area contributed by atoms with Gasteiger partial charge in [0.05, 0.1) is 5.69 Å². The van der Waals surface area contributed by atoms with E-state index in [0.717, 1.165) is 33.9 Å². The average molecular weight is 643 g/mol. The van der Waals surface area contributed by atoms with Crippen molar-refractivity contribution in [1.29, 1.82) is 0 Å². The van der Waals surface area contributed by atoms with Crippen LogP contribution in [0.3, 0.4) is 0 Å². The van der Waals surface area contributed by atoms with Gasteiger partial charge in [-0.05, 0) is 74.7 Å². The summed E-state index contributed by atoms with van der Waals surface area (Å²) in [5.74, 6) is -2.83. The second kappa shape index (κ2) is 12.8. The van der Waals surface area contributed by atoms with Crippen molar-refractivity contribution in [1.82, 2.24) is 24.4 Å². The molecule has 5 amide bonds. The van der Waals surface area contributed by atoms with E-state index >= 15 is 0 Å². The van der Waals surface area contributed by atoms with Gasteiger partial charge in [0.15, 0.2) is 5.82 Å². The van der Waals surface area contributed by atoms with Gasteiger partial charge < -0.3 is 26.0 Å². The van der Waals surface area contributed by atoms with Gasteiger partial charge in [0.25, 0.3) is 5.91 Å². The van der Waals surface area contributed by atoms with Crippen molar-refractivity contribution in [3.63, 3.8) is 0 Å². The molecule has 244 valence electrons. The number of fused-ring (bicyclic) bond motifs is 1. The highest BCUT2D eigenvalue weighted by Crippen LogP contribution is 2.37. The molecule has 0 radical (unpaired) electrons. The normalized spacial score (nSPS) is 18.1. The fourth-order valence-electron chi connectivity index (χ4n) is 6.28. The largest absolute Gasteiger partial charge is 0.384 e. The van der Waals surface area contributed by atoms with Crippen LogP contribution in [0.2, 0.25) is 0 Å². The third-order valence-corrected chi connectivity index (χ3v) is 8.82. The predicted octanol–water partition coefficient (Wildman–Crippen LogP) is 3.25. The van der Waals surface area contributed by atoms with Gasteiger partial charge in [0.1, 0.15) is 29.7 Å². The number of nitrogen functional groups attached to an aromatic ring is 1. The highest BCUT2D eigenvalue weighted by Gasteiger charge is 2.43. The second-order valence-corrected chi connectivity index (χ2v) is 11.8. The lowest BCUT2D eigenvalue weighted by Crippen LogP contribution is -2.59. The van der Waals surface area contributed by atoms with Crippen LogP contribution < -0.4 is 16.0 Å². The number of anilines is 3. The number of hydrogen-bond acceptors (Lipinski definition) is 8. The number of urea groups is 1. The fraction of sp³-hybridized carbons (Fsp3) is 0.333. The second-order valence-electron chi connectivity index (χ2n) is 11.8. The number of nitrogens with two attached hydrogens (primary N) is 1. The van der Waals surface area contributed by atoms with Gasteiger partial charge in [-0.15, -0.1) is 0 Å². The minimum Gasteiger partial charge on any atom is -0.384 e. The number of hydrogen-bond donors (Lipinski definition) is 3. The Balaban J connectivity index is 1.21. The molecular weight excluding hydrogens is 607 g/mol. The van der Waals surface area contributed by atoms with Crippen molar-refractivity contribution < 1.29 is 28.7 Å². The van der Waals surface area contributed by atoms with Gasteiger partial charge >= 0.3 is 6.03 Å². The lowest BCUT2D eigenvalue weighted by atomic mass is 9.92. The number of amides is 5. The van der Waals surface area contributed by atoms with E-state index in [9.17, 15) is 28.7 Å². The van der Waals surface area contributed by atoms with E-state index in [1.165, 1.54) is 30.3 Å². The van der Waals surface area contributed by atoms with E-state index in [4.69, 9.17) is 5.73 Å². The molecule has 0 aliphatic carbocycles. The number of carbonyl (C=O) groups excluding carboxylic acids is 4. The fourth-order valence-corrected chi connectivity index (χ4v) is 6.28. The van der Waals surface area contributed by atoms with E-state index in [1.54, 1.807) is 28.5 Å². The Morgan fingerprint density at radius 1 is 1.09 bits per heavy atom. The number of rotatable bonds is 7. The first-order chi connectivity index (χ1) is 22.6. The maximum atomic E-state index is 13.5. The van der Waals surface area contributed by atoms with Crippen molar-refractivity contribution in [2.45, 2.75) is 38.7 Å². The smallest absolute Gasteiger partial charge is 0.331 e. The lowest BCUT2D eigenvalue weighted by Gasteiger charge is -2.37. The summed E-state index contributed by atoms with van der Waals surface area (Å²) >= 11 is 0. The molecule has 47 heavy (non-hydrogen) atoms. The number of benzene rings is 2. The topological polar surface area (TPSA) is 166 Å². The van der Waals surface area contributed by atoms with E-state index < -0.39 is 35.7 Å². The molecule has 1 unspecified atom stereocenters. The number of aliphatic hydroxyl groups excluding tert-OH is 1. The first-order valence-corrected chi connectivity index (χ1v) is 15.5. The van der Waals surface area contributed by atoms with E-state index in [2.05, 4.69) is 15.4 Å². The van der Waals surface area contributed by atoms with Gasteiger partial charge in [-0.3, -0.25) is 14.4 Å². The Bertz CT molecular complexity index is 1830. The Hall–Kier alpha value is -5.37. The van der Waals surface area contributed by atoms with Crippen LogP contribution in [0.4, 0.5) is 26.4 Å². The zero-order valence-electron chi connectivity index (χ0n) is 26.0. The molecule has 13 nitrogen and oxygen atoms in total. The van der Waals surface area contributed by atoms with Crippen LogP contribution in [0.1, 0.15) is 38.3 Å². The Labute approximate surface area is 269 Å². The summed E-state index contributed by atoms with van der Waals surface area (Å²) in [5, 5.41) is 17.0. The summed E-state index contributed by atoms with van der Waals surface area (Å²) in [6, 6.07) is 13.5. The van der Waals surface area contributed by atoms with Gasteiger partial charge in [0, 0.05) is 49.0 Å². The molecule has 6 rings (SSSR count). The maximum absolute atomic E-state index is 13.5. The molecule has 2 aliphatic heterocycles. The van der Waals surface area contributed by atoms with Gasteiger partial charge in [-0.1, -0.05) is 12.1 Å². The van der Waals surface area contributed by atoms with Crippen LogP contribution in [0.15, 0.2) is 60.9 Å². The van der Waals surface area contributed by atoms with Crippen molar-refractivity contribution in [3.05, 3.63) is 72.4 Å². The monoisotopic (exact) mass is 642 g/mol. The van der Waals surface area contributed by atoms with Crippen molar-refractivity contribution in [3.8, 4) is 11.1 Å². The molecule has 0 bridgehead atoms. The van der Waals surface area contributed by atoms with Crippen LogP contribution in [0.25, 0.3) is 16.6 Å². The van der Waals surface area contributed by atoms with E-state index in [0.29, 0.717) is 43.0 Å². The molecule has 0 spiro atoms. The first kappa shape index (κ1) is 31.6. The van der Waals surface area contributed by atoms with E-state index in [1.807, 2.05) is 18.2 Å². The number of likely N-dealkylation sites (tertiary alicyclic amines) is 1. The van der Waals surface area contributed by atoms with Crippen LogP contribution in [0.5, 0.6) is 0 Å². The number of imide groups is 1. The minimum absolute atomic E-state index is 0.0827. The Morgan fingerprint density at radius 2 is 1.77 bits per heavy atom. The number of piperidine rings is 1. The van der Waals surface area contributed by atoms with Crippen LogP contribution >= 0.6 is 0 Å². The van der Waals surface area contributed by atoms with Gasteiger partial charge in [-0.25, -0.2) is 23.6 Å². The van der Waals surface area contributed by atoms with Crippen molar-refractivity contribution in [2.24, 2.45) is 5.92 Å². The number of nitrogens with one attached hydrogen (secondary N) is 1. The molecule has 14 heteroatoms. The summed E-state index contributed by atoms with van der Waals surface area (Å²) in [4.78, 5) is 60.2. The quantitative estimate of drug-likeness (QED) is 0.259. The Morgan fingerprint density at radius 3 is 2.40 bits per heavy atom. The van der Waals surface area contributed by atoms with Crippen molar-refractivity contribution >= 4 is 46.5 Å². The van der Waals surface area contributed by atoms with Crippen LogP contribution in [0, 0.1) is 11.7 Å². The molecule has 2 atom stereocenters. The lowest BCUT2D eigenvalue weighted by molar-refractivity contribution is -0.140. The number of nitrogens with zero attached hydrogens (tertiary/aromatic N) is 6. The molecule has 2 aliphatic rings. The maximum Gasteiger partial charge on any atom is 0.331 e. The minimum atomic E-state index is -1.17. The molecule has 2 saturated heterocycles. The first-order valence-electron chi connectivity index (χ1n) is 15.5. The summed E-state index contributed by atoms with van der Waals surface area (Å²) in [5.41, 5.74) is 10.1. The molecule has 4 N–H and O–H groups in total. The molecule has 4 heterocycles. The molecule has 4 aromatic rings. The SMILES string of the molecule is CCN1CC(C(=O)Nc2ccc(-c3cc(C4CCN(C(=O)[C@@H](C)O)CC4)n4ncnc(N)c34)cc2)C(=O)N(c2ccc(F)cc2)C1=O. The highest BCUT2D eigenvalue weighted by atomic mass is 19.1. The summed E-state index contributed by atoms with van der Waals surface area (Å²) in [6.45, 7) is 4.45. The number of aliphatic hydroxyl groups is 1. The average Bonchev–Trinajstić information content (AvgIpc) is 3.47. The molecule has 2 aromatic carbocycles. The number of carbonyl (C=O) groups is 4. The number of aromatic nitrogens is 3. The number of halogens is 1. The van der Waals surface area contributed by atoms with Crippen LogP contribution in [-0.2, 0) is 14.4 Å². The van der Waals surface area contributed by atoms with Gasteiger partial charge in [-0.2, -0.15) is 5.10 Å². The summed E-state index contributed by atoms with van der Waals surface area (Å²) in [6.07, 6.45) is 1.75. The zero-order chi connectivity index (χ0) is 33.4. The van der Waals surface area contributed by atoms with Crippen molar-refractivity contribution in [2.75, 3.05) is 42.1 Å². The van der Waals surface area contributed by atoms with Gasteiger partial charge in [0.2, 0.25) is 11.8 Å². The predicted molar refractivity (Wildman–Crippen MR) is 172 cm³/mol. The summed E-state index contributed by atoms with van der Waals surface area (Å²) in [7, 11) is 0. The highest BCUT2D eigenvalue weighted by molar-refractivity contribution is 6.23. The van der Waals surface area contributed by atoms with Crippen LogP contribution in [-0.4, -0.2) is 85.5 Å². The molecule has 0 saturated carbocycles. The zero-order valence-corrected chi connectivity index (χ0v) is 26.0.